The van der Waals surface area contributed by atoms with E-state index in [0.717, 1.165) is 6.42 Å². The van der Waals surface area contributed by atoms with E-state index in [9.17, 15) is 10.2 Å². The third kappa shape index (κ3) is 4.57. The Bertz CT molecular complexity index is 202. The number of aliphatic hydroxyl groups is 2. The molecule has 3 unspecified atom stereocenters. The van der Waals surface area contributed by atoms with Crippen LogP contribution in [0.15, 0.2) is 0 Å². The molecule has 1 saturated carbocycles. The first-order chi connectivity index (χ1) is 8.06. The second-order valence-electron chi connectivity index (χ2n) is 5.98. The van der Waals surface area contributed by atoms with Gasteiger partial charge < -0.3 is 15.9 Å². The van der Waals surface area contributed by atoms with Gasteiger partial charge in [0.25, 0.3) is 0 Å². The van der Waals surface area contributed by atoms with E-state index in [-0.39, 0.29) is 24.5 Å². The minimum Gasteiger partial charge on any atom is -0.396 e. The summed E-state index contributed by atoms with van der Waals surface area (Å²) in [7, 11) is 0. The van der Waals surface area contributed by atoms with Crippen LogP contribution in [-0.2, 0) is 0 Å². The molecule has 3 nitrogen and oxygen atoms in total. The van der Waals surface area contributed by atoms with Crippen molar-refractivity contribution in [3.63, 3.8) is 0 Å². The van der Waals surface area contributed by atoms with Crippen LogP contribution in [0, 0.1) is 17.8 Å². The summed E-state index contributed by atoms with van der Waals surface area (Å²) in [5.74, 6) is 0.862. The van der Waals surface area contributed by atoms with Gasteiger partial charge in [0, 0.05) is 18.6 Å². The van der Waals surface area contributed by atoms with Crippen molar-refractivity contribution in [3.8, 4) is 0 Å². The van der Waals surface area contributed by atoms with Gasteiger partial charge in [-0.1, -0.05) is 46.0 Å². The minimum atomic E-state index is -0.568. The third-order valence-electron chi connectivity index (χ3n) is 4.27. The average Bonchev–Trinajstić information content (AvgIpc) is 2.30. The Morgan fingerprint density at radius 1 is 1.18 bits per heavy atom. The molecule has 0 radical (unpaired) electrons. The van der Waals surface area contributed by atoms with Crippen molar-refractivity contribution < 1.29 is 10.2 Å². The standard InChI is InChI=1S/C14H29NO2/c1-10(2)12(9-16)14(17)13(15)8-11-6-4-3-5-7-11/h10-14,16-17H,3-9,15H2,1-2H3. The van der Waals surface area contributed by atoms with Crippen molar-refractivity contribution in [1.29, 1.82) is 0 Å². The predicted molar refractivity (Wildman–Crippen MR) is 70.6 cm³/mol. The van der Waals surface area contributed by atoms with E-state index in [0.29, 0.717) is 5.92 Å². The monoisotopic (exact) mass is 243 g/mol. The van der Waals surface area contributed by atoms with Gasteiger partial charge in [0.2, 0.25) is 0 Å². The van der Waals surface area contributed by atoms with Crippen LogP contribution < -0.4 is 5.73 Å². The number of hydrogen-bond acceptors (Lipinski definition) is 3. The zero-order chi connectivity index (χ0) is 12.8. The molecule has 0 heterocycles. The molecule has 0 bridgehead atoms. The first-order valence-electron chi connectivity index (χ1n) is 7.10. The molecule has 1 rings (SSSR count). The first kappa shape index (κ1) is 14.9. The molecule has 1 fully saturated rings. The van der Waals surface area contributed by atoms with E-state index in [1.807, 2.05) is 13.8 Å². The zero-order valence-corrected chi connectivity index (χ0v) is 11.3. The van der Waals surface area contributed by atoms with Crippen LogP contribution in [-0.4, -0.2) is 29.0 Å². The molecule has 0 aromatic rings. The fourth-order valence-electron chi connectivity index (χ4n) is 2.98. The Hall–Kier alpha value is -0.120. The van der Waals surface area contributed by atoms with Gasteiger partial charge in [-0.15, -0.1) is 0 Å². The summed E-state index contributed by atoms with van der Waals surface area (Å²) in [6.45, 7) is 4.08. The molecule has 1 aliphatic carbocycles. The van der Waals surface area contributed by atoms with Crippen LogP contribution in [0.25, 0.3) is 0 Å². The van der Waals surface area contributed by atoms with Crippen LogP contribution in [0.2, 0.25) is 0 Å². The number of aliphatic hydroxyl groups excluding tert-OH is 2. The lowest BCUT2D eigenvalue weighted by molar-refractivity contribution is 0.0178. The second-order valence-corrected chi connectivity index (χ2v) is 5.98. The van der Waals surface area contributed by atoms with Crippen molar-refractivity contribution in [2.45, 2.75) is 64.5 Å². The topological polar surface area (TPSA) is 66.5 Å². The van der Waals surface area contributed by atoms with Gasteiger partial charge in [-0.2, -0.15) is 0 Å². The van der Waals surface area contributed by atoms with Gasteiger partial charge in [-0.25, -0.2) is 0 Å². The van der Waals surface area contributed by atoms with Gasteiger partial charge >= 0.3 is 0 Å². The van der Waals surface area contributed by atoms with Gasteiger partial charge in [-0.05, 0) is 18.3 Å². The highest BCUT2D eigenvalue weighted by molar-refractivity contribution is 4.83. The highest BCUT2D eigenvalue weighted by atomic mass is 16.3. The fourth-order valence-corrected chi connectivity index (χ4v) is 2.98. The summed E-state index contributed by atoms with van der Waals surface area (Å²) in [5, 5.41) is 19.5. The van der Waals surface area contributed by atoms with Crippen molar-refractivity contribution in [2.24, 2.45) is 23.5 Å². The molecule has 0 spiro atoms. The van der Waals surface area contributed by atoms with Gasteiger partial charge in [-0.3, -0.25) is 0 Å². The number of hydrogen-bond donors (Lipinski definition) is 3. The van der Waals surface area contributed by atoms with Crippen LogP contribution in [0.1, 0.15) is 52.4 Å². The van der Waals surface area contributed by atoms with E-state index >= 15 is 0 Å². The van der Waals surface area contributed by atoms with Crippen LogP contribution in [0.5, 0.6) is 0 Å². The van der Waals surface area contributed by atoms with Crippen molar-refractivity contribution in [3.05, 3.63) is 0 Å². The SMILES string of the molecule is CC(C)C(CO)C(O)C(N)CC1CCCCC1. The highest BCUT2D eigenvalue weighted by Crippen LogP contribution is 2.29. The zero-order valence-electron chi connectivity index (χ0n) is 11.3. The van der Waals surface area contributed by atoms with Crippen LogP contribution in [0.3, 0.4) is 0 Å². The van der Waals surface area contributed by atoms with Crippen molar-refractivity contribution >= 4 is 0 Å². The van der Waals surface area contributed by atoms with E-state index in [1.165, 1.54) is 32.1 Å². The van der Waals surface area contributed by atoms with Gasteiger partial charge in [0.15, 0.2) is 0 Å². The Labute approximate surface area is 105 Å². The number of nitrogens with two attached hydrogens (primary N) is 1. The fraction of sp³-hybridized carbons (Fsp3) is 1.00. The quantitative estimate of drug-likeness (QED) is 0.667. The van der Waals surface area contributed by atoms with Gasteiger partial charge in [0.05, 0.1) is 6.10 Å². The summed E-state index contributed by atoms with van der Waals surface area (Å²) < 4.78 is 0. The predicted octanol–water partition coefficient (Wildman–Crippen LogP) is 1.91. The molecule has 0 aromatic carbocycles. The highest BCUT2D eigenvalue weighted by Gasteiger charge is 2.29. The molecule has 1 aliphatic rings. The molecule has 0 aliphatic heterocycles. The molecular formula is C14H29NO2. The van der Waals surface area contributed by atoms with Crippen molar-refractivity contribution in [2.75, 3.05) is 6.61 Å². The van der Waals surface area contributed by atoms with E-state index in [1.54, 1.807) is 0 Å². The van der Waals surface area contributed by atoms with E-state index in [4.69, 9.17) is 5.73 Å². The maximum atomic E-state index is 10.2. The maximum Gasteiger partial charge on any atom is 0.0743 e. The second kappa shape index (κ2) is 7.34. The molecular weight excluding hydrogens is 214 g/mol. The Balaban J connectivity index is 2.41. The Kier molecular flexibility index (Phi) is 6.45. The van der Waals surface area contributed by atoms with Crippen LogP contribution >= 0.6 is 0 Å². The Morgan fingerprint density at radius 2 is 1.76 bits per heavy atom. The smallest absolute Gasteiger partial charge is 0.0743 e. The summed E-state index contributed by atoms with van der Waals surface area (Å²) in [5.41, 5.74) is 6.10. The normalized spacial score (nSPS) is 23.6. The van der Waals surface area contributed by atoms with E-state index in [2.05, 4.69) is 0 Å². The Morgan fingerprint density at radius 3 is 2.24 bits per heavy atom. The molecule has 4 N–H and O–H groups in total. The minimum absolute atomic E-state index is 0.0250. The maximum absolute atomic E-state index is 10.2. The molecule has 17 heavy (non-hydrogen) atoms. The van der Waals surface area contributed by atoms with E-state index < -0.39 is 6.10 Å². The van der Waals surface area contributed by atoms with Gasteiger partial charge in [0.1, 0.15) is 0 Å². The average molecular weight is 243 g/mol. The number of rotatable bonds is 6. The molecule has 0 amide bonds. The first-order valence-corrected chi connectivity index (χ1v) is 7.10. The largest absolute Gasteiger partial charge is 0.396 e. The third-order valence-corrected chi connectivity index (χ3v) is 4.27. The molecule has 102 valence electrons. The molecule has 3 heteroatoms. The molecule has 0 saturated heterocycles. The lowest BCUT2D eigenvalue weighted by Gasteiger charge is -2.32. The lowest BCUT2D eigenvalue weighted by Crippen LogP contribution is -2.44. The van der Waals surface area contributed by atoms with Crippen molar-refractivity contribution in [1.82, 2.24) is 0 Å². The lowest BCUT2D eigenvalue weighted by atomic mass is 9.80. The molecule has 0 aromatic heterocycles. The summed E-state index contributed by atoms with van der Waals surface area (Å²) in [6, 6.07) is -0.183. The molecule has 3 atom stereocenters. The van der Waals surface area contributed by atoms with Crippen LogP contribution in [0.4, 0.5) is 0 Å². The summed E-state index contributed by atoms with van der Waals surface area (Å²) >= 11 is 0. The summed E-state index contributed by atoms with van der Waals surface area (Å²) in [6.07, 6.45) is 6.81. The summed E-state index contributed by atoms with van der Waals surface area (Å²) in [4.78, 5) is 0.